The molecule has 5 heteroatoms. The second kappa shape index (κ2) is 10.5. The standard InChI is InChI=1S/C22H31N3OS/c1-3-23-22(24-15-17(2)20-12-8-14-27-20)25-16-19-11-7-13-26-21(19)18-9-5-4-6-10-18/h4-6,8-10,12,14,17,19,21H,3,7,11,13,15-16H2,1-2H3,(H2,23,24,25). The van der Waals surface area contributed by atoms with Gasteiger partial charge in [-0.15, -0.1) is 11.3 Å². The van der Waals surface area contributed by atoms with Gasteiger partial charge in [-0.3, -0.25) is 4.99 Å². The van der Waals surface area contributed by atoms with Crippen LogP contribution in [0, 0.1) is 5.92 Å². The lowest BCUT2D eigenvalue weighted by atomic mass is 9.89. The highest BCUT2D eigenvalue weighted by Gasteiger charge is 2.27. The molecule has 0 amide bonds. The molecule has 2 heterocycles. The Hall–Kier alpha value is -1.85. The van der Waals surface area contributed by atoms with Gasteiger partial charge in [-0.05, 0) is 36.8 Å². The molecule has 1 saturated heterocycles. The number of thiophene rings is 1. The van der Waals surface area contributed by atoms with E-state index in [1.807, 2.05) is 0 Å². The molecule has 0 bridgehead atoms. The summed E-state index contributed by atoms with van der Waals surface area (Å²) in [4.78, 5) is 6.20. The molecule has 3 unspecified atom stereocenters. The van der Waals surface area contributed by atoms with Gasteiger partial charge in [0, 0.05) is 36.4 Å². The third kappa shape index (κ3) is 5.81. The molecular formula is C22H31N3OS. The van der Waals surface area contributed by atoms with Crippen LogP contribution in [0.5, 0.6) is 0 Å². The summed E-state index contributed by atoms with van der Waals surface area (Å²) in [7, 11) is 0. The van der Waals surface area contributed by atoms with Gasteiger partial charge in [0.2, 0.25) is 0 Å². The van der Waals surface area contributed by atoms with E-state index in [1.165, 1.54) is 16.9 Å². The van der Waals surface area contributed by atoms with Crippen LogP contribution in [0.2, 0.25) is 0 Å². The Morgan fingerprint density at radius 3 is 2.81 bits per heavy atom. The minimum atomic E-state index is 0.167. The van der Waals surface area contributed by atoms with Crippen LogP contribution in [-0.4, -0.2) is 32.2 Å². The first-order valence-corrected chi connectivity index (χ1v) is 10.9. The molecule has 0 radical (unpaired) electrons. The normalized spacial score (nSPS) is 21.6. The molecule has 1 aromatic carbocycles. The zero-order valence-electron chi connectivity index (χ0n) is 16.4. The molecule has 0 spiro atoms. The Labute approximate surface area is 167 Å². The largest absolute Gasteiger partial charge is 0.373 e. The molecule has 3 atom stereocenters. The van der Waals surface area contributed by atoms with Crippen molar-refractivity contribution in [3.63, 3.8) is 0 Å². The van der Waals surface area contributed by atoms with E-state index in [1.54, 1.807) is 11.3 Å². The number of guanidine groups is 1. The second-order valence-corrected chi connectivity index (χ2v) is 8.10. The molecule has 2 N–H and O–H groups in total. The summed E-state index contributed by atoms with van der Waals surface area (Å²) in [6.07, 6.45) is 2.47. The van der Waals surface area contributed by atoms with E-state index in [9.17, 15) is 0 Å². The van der Waals surface area contributed by atoms with E-state index in [-0.39, 0.29) is 6.10 Å². The van der Waals surface area contributed by atoms with Gasteiger partial charge >= 0.3 is 0 Å². The lowest BCUT2D eigenvalue weighted by Crippen LogP contribution is -2.42. The van der Waals surface area contributed by atoms with E-state index >= 15 is 0 Å². The first kappa shape index (κ1) is 19.9. The molecule has 1 fully saturated rings. The predicted molar refractivity (Wildman–Crippen MR) is 115 cm³/mol. The number of nitrogens with zero attached hydrogens (tertiary/aromatic N) is 1. The van der Waals surface area contributed by atoms with Crippen LogP contribution in [0.3, 0.4) is 0 Å². The van der Waals surface area contributed by atoms with Gasteiger partial charge in [0.25, 0.3) is 0 Å². The van der Waals surface area contributed by atoms with Crippen molar-refractivity contribution < 1.29 is 4.74 Å². The van der Waals surface area contributed by atoms with Crippen molar-refractivity contribution in [1.82, 2.24) is 10.6 Å². The van der Waals surface area contributed by atoms with E-state index in [0.717, 1.165) is 38.6 Å². The fraction of sp³-hybridized carbons (Fsp3) is 0.500. The summed E-state index contributed by atoms with van der Waals surface area (Å²) in [6, 6.07) is 14.9. The van der Waals surface area contributed by atoms with Crippen LogP contribution in [0.25, 0.3) is 0 Å². The van der Waals surface area contributed by atoms with Crippen molar-refractivity contribution in [2.45, 2.75) is 38.7 Å². The Bertz CT molecular complexity index is 687. The van der Waals surface area contributed by atoms with E-state index in [4.69, 9.17) is 9.73 Å². The van der Waals surface area contributed by atoms with Crippen molar-refractivity contribution >= 4 is 17.3 Å². The van der Waals surface area contributed by atoms with Crippen LogP contribution >= 0.6 is 11.3 Å². The molecule has 1 aliphatic heterocycles. The molecule has 2 aromatic rings. The summed E-state index contributed by atoms with van der Waals surface area (Å²) in [5.41, 5.74) is 1.28. The number of ether oxygens (including phenoxy) is 1. The zero-order valence-corrected chi connectivity index (χ0v) is 17.2. The Balaban J connectivity index is 1.59. The third-order valence-corrected chi connectivity index (χ3v) is 6.10. The van der Waals surface area contributed by atoms with Gasteiger partial charge in [-0.2, -0.15) is 0 Å². The van der Waals surface area contributed by atoms with E-state index in [2.05, 4.69) is 72.3 Å². The first-order chi connectivity index (χ1) is 13.3. The lowest BCUT2D eigenvalue weighted by molar-refractivity contribution is -0.0265. The van der Waals surface area contributed by atoms with Crippen LogP contribution < -0.4 is 10.6 Å². The smallest absolute Gasteiger partial charge is 0.191 e. The maximum absolute atomic E-state index is 6.12. The second-order valence-electron chi connectivity index (χ2n) is 7.12. The van der Waals surface area contributed by atoms with Crippen molar-refractivity contribution in [2.75, 3.05) is 26.2 Å². The molecule has 0 aliphatic carbocycles. The van der Waals surface area contributed by atoms with Gasteiger partial charge in [-0.1, -0.05) is 43.3 Å². The van der Waals surface area contributed by atoms with Crippen molar-refractivity contribution in [2.24, 2.45) is 10.9 Å². The molecule has 1 aromatic heterocycles. The minimum absolute atomic E-state index is 0.167. The number of aliphatic imine (C=N–C) groups is 1. The van der Waals surface area contributed by atoms with E-state index in [0.29, 0.717) is 11.8 Å². The Kier molecular flexibility index (Phi) is 7.72. The van der Waals surface area contributed by atoms with Gasteiger partial charge < -0.3 is 15.4 Å². The molecule has 4 nitrogen and oxygen atoms in total. The maximum Gasteiger partial charge on any atom is 0.191 e. The van der Waals surface area contributed by atoms with Gasteiger partial charge in [-0.25, -0.2) is 0 Å². The Morgan fingerprint density at radius 1 is 1.22 bits per heavy atom. The van der Waals surface area contributed by atoms with Gasteiger partial charge in [0.05, 0.1) is 12.6 Å². The molecule has 3 rings (SSSR count). The molecule has 27 heavy (non-hydrogen) atoms. The monoisotopic (exact) mass is 385 g/mol. The van der Waals surface area contributed by atoms with Crippen LogP contribution in [0.4, 0.5) is 0 Å². The molecule has 1 aliphatic rings. The molecule has 0 saturated carbocycles. The van der Waals surface area contributed by atoms with E-state index < -0.39 is 0 Å². The highest BCUT2D eigenvalue weighted by atomic mass is 32.1. The fourth-order valence-corrected chi connectivity index (χ4v) is 4.30. The number of hydrogen-bond acceptors (Lipinski definition) is 3. The van der Waals surface area contributed by atoms with Crippen molar-refractivity contribution in [1.29, 1.82) is 0 Å². The summed E-state index contributed by atoms with van der Waals surface area (Å²) < 4.78 is 6.12. The predicted octanol–water partition coefficient (Wildman–Crippen LogP) is 4.57. The third-order valence-electron chi connectivity index (χ3n) is 5.00. The zero-order chi connectivity index (χ0) is 18.9. The van der Waals surface area contributed by atoms with Crippen LogP contribution in [0.1, 0.15) is 49.2 Å². The maximum atomic E-state index is 6.12. The topological polar surface area (TPSA) is 45.7 Å². The van der Waals surface area contributed by atoms with Crippen LogP contribution in [0.15, 0.2) is 52.8 Å². The summed E-state index contributed by atoms with van der Waals surface area (Å²) >= 11 is 1.80. The van der Waals surface area contributed by atoms with Crippen molar-refractivity contribution in [3.8, 4) is 0 Å². The molecule has 146 valence electrons. The molecular weight excluding hydrogens is 354 g/mol. The highest BCUT2D eigenvalue weighted by Crippen LogP contribution is 2.33. The number of benzene rings is 1. The average Bonchev–Trinajstić information content (AvgIpc) is 3.26. The first-order valence-electron chi connectivity index (χ1n) is 10.00. The fourth-order valence-electron chi connectivity index (χ4n) is 3.52. The quantitative estimate of drug-likeness (QED) is 0.542. The summed E-state index contributed by atoms with van der Waals surface area (Å²) in [5, 5.41) is 9.06. The number of rotatable bonds is 7. The summed E-state index contributed by atoms with van der Waals surface area (Å²) in [6.45, 7) is 7.72. The lowest BCUT2D eigenvalue weighted by Gasteiger charge is -2.32. The number of hydrogen-bond donors (Lipinski definition) is 2. The van der Waals surface area contributed by atoms with Gasteiger partial charge in [0.1, 0.15) is 0 Å². The highest BCUT2D eigenvalue weighted by molar-refractivity contribution is 7.10. The SMILES string of the molecule is CCNC(=NCC(C)c1cccs1)NCC1CCCOC1c1ccccc1. The van der Waals surface area contributed by atoms with Crippen LogP contribution in [-0.2, 0) is 4.74 Å². The average molecular weight is 386 g/mol. The summed E-state index contributed by atoms with van der Waals surface area (Å²) in [5.74, 6) is 1.80. The van der Waals surface area contributed by atoms with Crippen molar-refractivity contribution in [3.05, 3.63) is 58.3 Å². The Morgan fingerprint density at radius 2 is 2.07 bits per heavy atom. The minimum Gasteiger partial charge on any atom is -0.373 e. The number of nitrogens with one attached hydrogen (secondary N) is 2. The van der Waals surface area contributed by atoms with Gasteiger partial charge in [0.15, 0.2) is 5.96 Å².